The van der Waals surface area contributed by atoms with Crippen LogP contribution < -0.4 is 16.3 Å². The minimum atomic E-state index is -0.317. The maximum atomic E-state index is 12.7. The van der Waals surface area contributed by atoms with E-state index < -0.39 is 0 Å². The number of nitrogens with zero attached hydrogens (tertiary/aromatic N) is 2. The van der Waals surface area contributed by atoms with E-state index in [0.717, 1.165) is 5.56 Å². The van der Waals surface area contributed by atoms with Gasteiger partial charge < -0.3 is 5.73 Å². The summed E-state index contributed by atoms with van der Waals surface area (Å²) < 4.78 is 25.4. The molecule has 5 nitrogen and oxygen atoms in total. The highest BCUT2D eigenvalue weighted by Crippen LogP contribution is 2.00. The second kappa shape index (κ2) is 7.63. The van der Waals surface area contributed by atoms with Crippen molar-refractivity contribution < 1.29 is 13.9 Å². The largest absolute Gasteiger partial charge is 0.364 e. The van der Waals surface area contributed by atoms with Crippen LogP contribution in [0.15, 0.2) is 58.7 Å². The summed E-state index contributed by atoms with van der Waals surface area (Å²) in [6.45, 7) is 0. The fraction of sp³-hybridized carbons (Fsp3) is 0. The number of nitrogens with one attached hydrogen (secondary N) is 2. The average molecular weight is 302 g/mol. The Morgan fingerprint density at radius 3 is 2.09 bits per heavy atom. The molecule has 2 aromatic rings. The summed E-state index contributed by atoms with van der Waals surface area (Å²) in [5.74, 6) is -0.583. The first-order chi connectivity index (χ1) is 10.6. The second-order valence-electron chi connectivity index (χ2n) is 4.25. The van der Waals surface area contributed by atoms with Crippen molar-refractivity contribution in [3.05, 3.63) is 71.3 Å². The molecule has 112 valence electrons. The van der Waals surface area contributed by atoms with Gasteiger partial charge in [-0.3, -0.25) is 0 Å². The van der Waals surface area contributed by atoms with Gasteiger partial charge in [-0.25, -0.2) is 8.78 Å². The molecular formula is C15H14F2N5+. The summed E-state index contributed by atoms with van der Waals surface area (Å²) in [5.41, 5.74) is 9.63. The third-order valence-corrected chi connectivity index (χ3v) is 2.55. The second-order valence-corrected chi connectivity index (χ2v) is 4.25. The summed E-state index contributed by atoms with van der Waals surface area (Å²) in [6.07, 6.45) is 3.03. The minimum Gasteiger partial charge on any atom is -0.364 e. The minimum absolute atomic E-state index is 0.0386. The van der Waals surface area contributed by atoms with Crippen LogP contribution in [0, 0.1) is 11.6 Å². The molecule has 0 unspecified atom stereocenters. The van der Waals surface area contributed by atoms with Gasteiger partial charge in [-0.2, -0.15) is 5.10 Å². The Kier molecular flexibility index (Phi) is 5.31. The van der Waals surface area contributed by atoms with E-state index in [2.05, 4.69) is 20.7 Å². The van der Waals surface area contributed by atoms with Crippen LogP contribution in [-0.4, -0.2) is 18.4 Å². The van der Waals surface area contributed by atoms with E-state index in [-0.39, 0.29) is 17.6 Å². The highest BCUT2D eigenvalue weighted by atomic mass is 19.1. The van der Waals surface area contributed by atoms with Gasteiger partial charge >= 0.3 is 0 Å². The van der Waals surface area contributed by atoms with Crippen molar-refractivity contribution in [2.45, 2.75) is 0 Å². The van der Waals surface area contributed by atoms with Crippen LogP contribution in [0.25, 0.3) is 0 Å². The predicted octanol–water partition coefficient (Wildman–Crippen LogP) is 0.318. The molecule has 2 aromatic carbocycles. The molecule has 0 aromatic heterocycles. The Morgan fingerprint density at radius 1 is 0.955 bits per heavy atom. The van der Waals surface area contributed by atoms with Crippen LogP contribution >= 0.6 is 0 Å². The Morgan fingerprint density at radius 2 is 1.50 bits per heavy atom. The van der Waals surface area contributed by atoms with E-state index >= 15 is 0 Å². The highest BCUT2D eigenvalue weighted by molar-refractivity contribution is 5.82. The van der Waals surface area contributed by atoms with E-state index in [0.29, 0.717) is 5.56 Å². The summed E-state index contributed by atoms with van der Waals surface area (Å²) in [5, 5.41) is 10.2. The lowest BCUT2D eigenvalue weighted by Gasteiger charge is -1.92. The molecule has 0 amide bonds. The van der Waals surface area contributed by atoms with Gasteiger partial charge in [0.1, 0.15) is 11.6 Å². The maximum absolute atomic E-state index is 12.7. The standard InChI is InChI=1S/C15H13F2N5/c16-13-5-1-11(2-6-13)9-19-21-15(18)22-20-10-12-3-7-14(17)8-4-12/h1-10H,(H3,18,21,22)/p+1. The van der Waals surface area contributed by atoms with Crippen LogP contribution in [0.5, 0.6) is 0 Å². The van der Waals surface area contributed by atoms with Crippen LogP contribution in [-0.2, 0) is 0 Å². The summed E-state index contributed by atoms with van der Waals surface area (Å²) in [6, 6.07) is 11.7. The number of hydrogen-bond acceptors (Lipinski definition) is 2. The lowest BCUT2D eigenvalue weighted by molar-refractivity contribution is -0.500. The highest BCUT2D eigenvalue weighted by Gasteiger charge is 1.94. The summed E-state index contributed by atoms with van der Waals surface area (Å²) >= 11 is 0. The number of nitrogens with two attached hydrogens (primary N) is 1. The molecule has 0 aliphatic rings. The number of guanidine groups is 1. The molecule has 0 aliphatic carbocycles. The van der Waals surface area contributed by atoms with Crippen molar-refractivity contribution in [1.82, 2.24) is 5.43 Å². The molecule has 0 heterocycles. The first-order valence-corrected chi connectivity index (χ1v) is 6.36. The fourth-order valence-electron chi connectivity index (χ4n) is 1.48. The first-order valence-electron chi connectivity index (χ1n) is 6.36. The van der Waals surface area contributed by atoms with Gasteiger partial charge in [-0.15, -0.1) is 15.6 Å². The van der Waals surface area contributed by atoms with E-state index in [1.807, 2.05) is 0 Å². The van der Waals surface area contributed by atoms with Crippen molar-refractivity contribution >= 4 is 18.4 Å². The topological polar surface area (TPSA) is 76.7 Å². The number of benzene rings is 2. The van der Waals surface area contributed by atoms with Gasteiger partial charge in [0.15, 0.2) is 6.21 Å². The van der Waals surface area contributed by atoms with E-state index in [1.165, 1.54) is 30.5 Å². The van der Waals surface area contributed by atoms with Crippen LogP contribution in [0.1, 0.15) is 11.1 Å². The van der Waals surface area contributed by atoms with E-state index in [4.69, 9.17) is 5.73 Å². The lowest BCUT2D eigenvalue weighted by atomic mass is 10.2. The average Bonchev–Trinajstić information content (AvgIpc) is 2.51. The first kappa shape index (κ1) is 15.3. The van der Waals surface area contributed by atoms with Gasteiger partial charge in [-0.05, 0) is 42.0 Å². The van der Waals surface area contributed by atoms with Crippen LogP contribution in [0.4, 0.5) is 8.78 Å². The number of hydrogen-bond donors (Lipinski definition) is 3. The molecular weight excluding hydrogens is 288 g/mol. The number of halogens is 2. The van der Waals surface area contributed by atoms with Crippen molar-refractivity contribution in [2.75, 3.05) is 0 Å². The molecule has 0 radical (unpaired) electrons. The molecule has 0 saturated carbocycles. The third-order valence-electron chi connectivity index (χ3n) is 2.55. The third kappa shape index (κ3) is 5.12. The van der Waals surface area contributed by atoms with Gasteiger partial charge in [-0.1, -0.05) is 12.1 Å². The summed E-state index contributed by atoms with van der Waals surface area (Å²) in [7, 11) is 0. The SMILES string of the molecule is NC(=NN=Cc1ccc(F)cc1)N[NH+]=Cc1ccc(F)cc1. The molecule has 2 rings (SSSR count). The zero-order valence-corrected chi connectivity index (χ0v) is 11.5. The number of hydrazine groups is 1. The number of rotatable bonds is 4. The zero-order valence-electron chi connectivity index (χ0n) is 11.5. The van der Waals surface area contributed by atoms with E-state index in [1.54, 1.807) is 30.5 Å². The molecule has 0 atom stereocenters. The molecule has 0 fully saturated rings. The summed E-state index contributed by atoms with van der Waals surface area (Å²) in [4.78, 5) is 0. The Bertz CT molecular complexity index is 691. The van der Waals surface area contributed by atoms with E-state index in [9.17, 15) is 8.78 Å². The molecule has 22 heavy (non-hydrogen) atoms. The van der Waals surface area contributed by atoms with Crippen molar-refractivity contribution in [1.29, 1.82) is 0 Å². The molecule has 0 spiro atoms. The van der Waals surface area contributed by atoms with Crippen molar-refractivity contribution in [3.63, 3.8) is 0 Å². The van der Waals surface area contributed by atoms with Gasteiger partial charge in [0.2, 0.25) is 0 Å². The predicted molar refractivity (Wildman–Crippen MR) is 81.3 cm³/mol. The molecule has 0 aliphatic heterocycles. The number of hydrazone groups is 1. The Hall–Kier alpha value is -3.09. The van der Waals surface area contributed by atoms with Gasteiger partial charge in [0, 0.05) is 5.56 Å². The molecule has 0 bridgehead atoms. The molecule has 4 N–H and O–H groups in total. The monoisotopic (exact) mass is 302 g/mol. The smallest absolute Gasteiger partial charge is 0.269 e. The van der Waals surface area contributed by atoms with Gasteiger partial charge in [0.05, 0.1) is 6.21 Å². The maximum Gasteiger partial charge on any atom is 0.269 e. The van der Waals surface area contributed by atoms with Crippen LogP contribution in [0.2, 0.25) is 0 Å². The van der Waals surface area contributed by atoms with Crippen LogP contribution in [0.3, 0.4) is 0 Å². The quantitative estimate of drug-likeness (QED) is 0.432. The van der Waals surface area contributed by atoms with Crippen molar-refractivity contribution in [3.8, 4) is 0 Å². The molecule has 0 saturated heterocycles. The van der Waals surface area contributed by atoms with Crippen molar-refractivity contribution in [2.24, 2.45) is 15.9 Å². The Balaban J connectivity index is 1.87. The Labute approximate surface area is 125 Å². The zero-order chi connectivity index (χ0) is 15.8. The lowest BCUT2D eigenvalue weighted by Crippen LogP contribution is -2.82. The fourth-order valence-corrected chi connectivity index (χ4v) is 1.48. The van der Waals surface area contributed by atoms with Gasteiger partial charge in [0.25, 0.3) is 5.96 Å². The normalized spacial score (nSPS) is 12.2. The molecule has 7 heteroatoms.